The smallest absolute Gasteiger partial charge is 0.416 e. The fourth-order valence-electron chi connectivity index (χ4n) is 3.08. The highest BCUT2D eigenvalue weighted by Crippen LogP contribution is 2.33. The molecule has 1 aliphatic heterocycles. The molecule has 8 heteroatoms. The van der Waals surface area contributed by atoms with Crippen molar-refractivity contribution in [2.24, 2.45) is 0 Å². The van der Waals surface area contributed by atoms with E-state index in [4.69, 9.17) is 5.11 Å². The molecule has 0 bridgehead atoms. The minimum atomic E-state index is -4.39. The summed E-state index contributed by atoms with van der Waals surface area (Å²) < 4.78 is 39.6. The number of carbonyl (C=O) groups is 1. The first kappa shape index (κ1) is 18.7. The summed E-state index contributed by atoms with van der Waals surface area (Å²) in [7, 11) is 0. The Hall–Kier alpha value is -2.06. The van der Waals surface area contributed by atoms with Crippen LogP contribution < -0.4 is 5.32 Å². The Labute approximate surface area is 156 Å². The zero-order chi connectivity index (χ0) is 18.9. The number of carboxylic acid groups (broad SMARTS) is 1. The first-order valence-corrected chi connectivity index (χ1v) is 8.68. The lowest BCUT2D eigenvalue weighted by atomic mass is 10.1. The van der Waals surface area contributed by atoms with E-state index in [-0.39, 0.29) is 6.54 Å². The van der Waals surface area contributed by atoms with Gasteiger partial charge < -0.3 is 10.4 Å². The summed E-state index contributed by atoms with van der Waals surface area (Å²) in [5.74, 6) is 0. The molecule has 0 spiro atoms. The molecule has 2 aromatic carbocycles. The van der Waals surface area contributed by atoms with Crippen molar-refractivity contribution in [3.05, 3.63) is 69.2 Å². The number of nitrogens with one attached hydrogen (secondary N) is 1. The quantitative estimate of drug-likeness (QED) is 0.746. The van der Waals surface area contributed by atoms with Crippen molar-refractivity contribution in [2.45, 2.75) is 31.9 Å². The molecule has 0 aliphatic carbocycles. The summed E-state index contributed by atoms with van der Waals surface area (Å²) in [4.78, 5) is 13.0. The van der Waals surface area contributed by atoms with Crippen LogP contribution in [-0.4, -0.2) is 22.3 Å². The molecule has 1 amide bonds. The lowest BCUT2D eigenvalue weighted by Crippen LogP contribution is -2.46. The Bertz CT molecular complexity index is 809. The van der Waals surface area contributed by atoms with E-state index in [0.717, 1.165) is 27.7 Å². The minimum Gasteiger partial charge on any atom is -0.465 e. The van der Waals surface area contributed by atoms with Gasteiger partial charge in [-0.1, -0.05) is 34.1 Å². The first-order chi connectivity index (χ1) is 12.2. The third-order valence-corrected chi connectivity index (χ3v) is 4.88. The number of fused-ring (bicyclic) bond motifs is 1. The normalized spacial score (nSPS) is 15.5. The lowest BCUT2D eigenvalue weighted by molar-refractivity contribution is -0.137. The van der Waals surface area contributed by atoms with E-state index in [1.165, 1.54) is 6.07 Å². The molecule has 1 aliphatic rings. The molecular weight excluding hydrogens is 413 g/mol. The van der Waals surface area contributed by atoms with Crippen LogP contribution in [0, 0.1) is 0 Å². The highest BCUT2D eigenvalue weighted by molar-refractivity contribution is 9.10. The van der Waals surface area contributed by atoms with Gasteiger partial charge in [0.1, 0.15) is 0 Å². The zero-order valence-electron chi connectivity index (χ0n) is 13.6. The van der Waals surface area contributed by atoms with Crippen LogP contribution in [0.25, 0.3) is 0 Å². The van der Waals surface area contributed by atoms with Crippen LogP contribution in [0.5, 0.6) is 0 Å². The van der Waals surface area contributed by atoms with Crippen LogP contribution in [-0.2, 0) is 25.7 Å². The van der Waals surface area contributed by atoms with Gasteiger partial charge in [-0.15, -0.1) is 0 Å². The average molecular weight is 429 g/mol. The molecule has 1 atom stereocenters. The number of amides is 1. The van der Waals surface area contributed by atoms with Gasteiger partial charge in [0.05, 0.1) is 11.7 Å². The van der Waals surface area contributed by atoms with E-state index >= 15 is 0 Å². The molecule has 138 valence electrons. The molecule has 0 radical (unpaired) electrons. The zero-order valence-corrected chi connectivity index (χ0v) is 15.1. The number of nitrogens with zero attached hydrogens (tertiary/aromatic N) is 1. The van der Waals surface area contributed by atoms with Gasteiger partial charge in [0.2, 0.25) is 0 Å². The number of rotatable bonds is 4. The summed E-state index contributed by atoms with van der Waals surface area (Å²) in [5.41, 5.74) is 1.60. The first-order valence-electron chi connectivity index (χ1n) is 7.89. The van der Waals surface area contributed by atoms with Gasteiger partial charge in [-0.25, -0.2) is 4.79 Å². The molecule has 26 heavy (non-hydrogen) atoms. The van der Waals surface area contributed by atoms with Gasteiger partial charge in [-0.3, -0.25) is 4.90 Å². The van der Waals surface area contributed by atoms with Gasteiger partial charge >= 0.3 is 12.3 Å². The number of halogens is 4. The second-order valence-electron chi connectivity index (χ2n) is 6.18. The highest BCUT2D eigenvalue weighted by Gasteiger charge is 2.33. The second-order valence-corrected chi connectivity index (χ2v) is 7.10. The van der Waals surface area contributed by atoms with Gasteiger partial charge in [0.25, 0.3) is 0 Å². The third-order valence-electron chi connectivity index (χ3n) is 4.35. The number of hydrogen-bond donors (Lipinski definition) is 2. The van der Waals surface area contributed by atoms with Crippen LogP contribution in [0.1, 0.15) is 22.3 Å². The van der Waals surface area contributed by atoms with Crippen LogP contribution in [0.3, 0.4) is 0 Å². The van der Waals surface area contributed by atoms with Crippen LogP contribution in [0.4, 0.5) is 18.0 Å². The van der Waals surface area contributed by atoms with Crippen LogP contribution >= 0.6 is 15.9 Å². The maximum absolute atomic E-state index is 12.9. The SMILES string of the molecule is O=C(O)NC(Cc1ccc(Br)cc1)N1Cc2ccc(C(F)(F)F)cc2C1. The van der Waals surface area contributed by atoms with Crippen molar-refractivity contribution < 1.29 is 23.1 Å². The molecule has 3 rings (SSSR count). The number of benzene rings is 2. The maximum atomic E-state index is 12.9. The Morgan fingerprint density at radius 2 is 1.81 bits per heavy atom. The molecular formula is C18H16BrF3N2O2. The van der Waals surface area contributed by atoms with Crippen molar-refractivity contribution in [3.63, 3.8) is 0 Å². The third kappa shape index (κ3) is 4.37. The lowest BCUT2D eigenvalue weighted by Gasteiger charge is -2.27. The van der Waals surface area contributed by atoms with Gasteiger partial charge in [0, 0.05) is 24.0 Å². The topological polar surface area (TPSA) is 52.6 Å². The van der Waals surface area contributed by atoms with E-state index in [2.05, 4.69) is 21.2 Å². The molecule has 0 saturated carbocycles. The molecule has 2 aromatic rings. The predicted octanol–water partition coefficient (Wildman–Crippen LogP) is 4.62. The van der Waals surface area contributed by atoms with E-state index < -0.39 is 24.0 Å². The van der Waals surface area contributed by atoms with Crippen molar-refractivity contribution in [3.8, 4) is 0 Å². The molecule has 1 unspecified atom stereocenters. The van der Waals surface area contributed by atoms with E-state index in [1.807, 2.05) is 29.2 Å². The standard InChI is InChI=1S/C18H16BrF3N2O2/c19-15-5-1-11(2-6-15)7-16(23-17(25)26)24-9-12-3-4-14(18(20,21)22)8-13(12)10-24/h1-6,8,16,23H,7,9-10H2,(H,25,26). The highest BCUT2D eigenvalue weighted by atomic mass is 79.9. The van der Waals surface area contributed by atoms with Crippen molar-refractivity contribution >= 4 is 22.0 Å². The van der Waals surface area contributed by atoms with Crippen molar-refractivity contribution in [1.29, 1.82) is 0 Å². The average Bonchev–Trinajstić information content (AvgIpc) is 2.98. The number of alkyl halides is 3. The molecule has 2 N–H and O–H groups in total. The summed E-state index contributed by atoms with van der Waals surface area (Å²) in [6.45, 7) is 0.662. The Morgan fingerprint density at radius 3 is 2.42 bits per heavy atom. The summed E-state index contributed by atoms with van der Waals surface area (Å²) in [6.07, 6.45) is -5.67. The Morgan fingerprint density at radius 1 is 1.15 bits per heavy atom. The van der Waals surface area contributed by atoms with Gasteiger partial charge in [-0.2, -0.15) is 13.2 Å². The van der Waals surface area contributed by atoms with Crippen LogP contribution in [0.2, 0.25) is 0 Å². The fraction of sp³-hybridized carbons (Fsp3) is 0.278. The summed E-state index contributed by atoms with van der Waals surface area (Å²) in [5, 5.41) is 11.6. The van der Waals surface area contributed by atoms with E-state index in [9.17, 15) is 18.0 Å². The second kappa shape index (κ2) is 7.28. The minimum absolute atomic E-state index is 0.265. The number of hydrogen-bond acceptors (Lipinski definition) is 2. The van der Waals surface area contributed by atoms with Crippen molar-refractivity contribution in [2.75, 3.05) is 0 Å². The van der Waals surface area contributed by atoms with E-state index in [1.54, 1.807) is 0 Å². The van der Waals surface area contributed by atoms with Gasteiger partial charge in [0.15, 0.2) is 0 Å². The molecule has 1 heterocycles. The van der Waals surface area contributed by atoms with E-state index in [0.29, 0.717) is 18.5 Å². The fourth-order valence-corrected chi connectivity index (χ4v) is 3.34. The molecule has 0 fully saturated rings. The molecule has 0 saturated heterocycles. The Kier molecular flexibility index (Phi) is 5.24. The van der Waals surface area contributed by atoms with Gasteiger partial charge in [-0.05, 0) is 41.0 Å². The largest absolute Gasteiger partial charge is 0.465 e. The maximum Gasteiger partial charge on any atom is 0.416 e. The Balaban J connectivity index is 1.79. The predicted molar refractivity (Wildman–Crippen MR) is 93.5 cm³/mol. The summed E-state index contributed by atoms with van der Waals surface area (Å²) in [6, 6.07) is 11.2. The molecule has 0 aromatic heterocycles. The van der Waals surface area contributed by atoms with Crippen LogP contribution in [0.15, 0.2) is 46.9 Å². The van der Waals surface area contributed by atoms with Crippen molar-refractivity contribution in [1.82, 2.24) is 10.2 Å². The molecule has 4 nitrogen and oxygen atoms in total. The monoisotopic (exact) mass is 428 g/mol. The summed E-state index contributed by atoms with van der Waals surface area (Å²) >= 11 is 3.35.